The molecule has 0 aliphatic rings. The van der Waals surface area contributed by atoms with E-state index in [2.05, 4.69) is 5.32 Å². The van der Waals surface area contributed by atoms with Gasteiger partial charge in [-0.05, 0) is 72.4 Å². The lowest BCUT2D eigenvalue weighted by Crippen LogP contribution is -2.15. The molecule has 0 spiro atoms. The molecule has 36 heavy (non-hydrogen) atoms. The van der Waals surface area contributed by atoms with Crippen LogP contribution in [0.3, 0.4) is 0 Å². The SMILES string of the molecule is CC(=O)C(CC(C)C)c1cc(NC(=O)c2cc(F)c(F)c(F)c2)cc(-c2ccc(C(F)(F)F)cc2)c1. The average molecular weight is 507 g/mol. The molecule has 3 aromatic rings. The predicted molar refractivity (Wildman–Crippen MR) is 124 cm³/mol. The van der Waals surface area contributed by atoms with E-state index in [1.165, 1.54) is 31.2 Å². The molecular formula is C27H23F6NO2. The Morgan fingerprint density at radius 2 is 1.44 bits per heavy atom. The normalized spacial score (nSPS) is 12.5. The van der Waals surface area contributed by atoms with Crippen molar-refractivity contribution >= 4 is 17.4 Å². The molecule has 1 atom stereocenters. The third-order valence-electron chi connectivity index (χ3n) is 5.60. The van der Waals surface area contributed by atoms with Crippen LogP contribution in [0, 0.1) is 23.4 Å². The highest BCUT2D eigenvalue weighted by Gasteiger charge is 2.30. The number of alkyl halides is 3. The maximum absolute atomic E-state index is 13.6. The zero-order chi connectivity index (χ0) is 26.8. The Kier molecular flexibility index (Phi) is 7.91. The molecule has 0 radical (unpaired) electrons. The average Bonchev–Trinajstić information content (AvgIpc) is 2.79. The minimum absolute atomic E-state index is 0.136. The second-order valence-electron chi connectivity index (χ2n) is 8.92. The highest BCUT2D eigenvalue weighted by atomic mass is 19.4. The van der Waals surface area contributed by atoms with Crippen molar-refractivity contribution in [2.24, 2.45) is 5.92 Å². The van der Waals surface area contributed by atoms with E-state index in [1.807, 2.05) is 13.8 Å². The van der Waals surface area contributed by atoms with Gasteiger partial charge in [0.25, 0.3) is 5.91 Å². The van der Waals surface area contributed by atoms with Crippen molar-refractivity contribution in [1.29, 1.82) is 0 Å². The molecule has 0 fully saturated rings. The van der Waals surface area contributed by atoms with E-state index in [4.69, 9.17) is 0 Å². The van der Waals surface area contributed by atoms with Crippen molar-refractivity contribution < 1.29 is 35.9 Å². The Bertz CT molecular complexity index is 1260. The Morgan fingerprint density at radius 3 is 1.94 bits per heavy atom. The Labute approximate surface area is 204 Å². The van der Waals surface area contributed by atoms with Gasteiger partial charge in [-0.1, -0.05) is 32.0 Å². The fourth-order valence-electron chi connectivity index (χ4n) is 3.84. The number of amides is 1. The van der Waals surface area contributed by atoms with E-state index in [-0.39, 0.29) is 17.4 Å². The first-order valence-electron chi connectivity index (χ1n) is 11.0. The molecule has 190 valence electrons. The summed E-state index contributed by atoms with van der Waals surface area (Å²) in [4.78, 5) is 25.1. The van der Waals surface area contributed by atoms with E-state index in [1.54, 1.807) is 6.07 Å². The predicted octanol–water partition coefficient (Wildman–Crippen LogP) is 7.76. The van der Waals surface area contributed by atoms with Gasteiger partial charge in [-0.15, -0.1) is 0 Å². The van der Waals surface area contributed by atoms with Crippen molar-refractivity contribution in [3.05, 3.63) is 88.7 Å². The lowest BCUT2D eigenvalue weighted by atomic mass is 9.85. The molecule has 9 heteroatoms. The monoisotopic (exact) mass is 507 g/mol. The zero-order valence-electron chi connectivity index (χ0n) is 19.6. The number of nitrogens with one attached hydrogen (secondary N) is 1. The van der Waals surface area contributed by atoms with Gasteiger partial charge in [0.15, 0.2) is 17.5 Å². The van der Waals surface area contributed by atoms with E-state index >= 15 is 0 Å². The molecule has 0 aromatic heterocycles. The molecule has 0 saturated heterocycles. The topological polar surface area (TPSA) is 46.2 Å². The fourth-order valence-corrected chi connectivity index (χ4v) is 3.84. The standard InChI is InChI=1S/C27H23F6NO2/c1-14(2)8-22(15(3)35)18-9-17(16-4-6-20(7-5-16)27(31,32)33)10-21(11-18)34-26(36)19-12-23(28)25(30)24(29)13-19/h4-7,9-14,22H,8H2,1-3H3,(H,34,36). The van der Waals surface area contributed by atoms with Crippen LogP contribution in [0.15, 0.2) is 54.6 Å². The van der Waals surface area contributed by atoms with Crippen LogP contribution in [0.25, 0.3) is 11.1 Å². The molecule has 3 nitrogen and oxygen atoms in total. The highest BCUT2D eigenvalue weighted by Crippen LogP contribution is 2.35. The van der Waals surface area contributed by atoms with Crippen LogP contribution in [-0.4, -0.2) is 11.7 Å². The van der Waals surface area contributed by atoms with Gasteiger partial charge in [-0.3, -0.25) is 9.59 Å². The van der Waals surface area contributed by atoms with Crippen molar-refractivity contribution in [3.63, 3.8) is 0 Å². The Balaban J connectivity index is 2.07. The van der Waals surface area contributed by atoms with E-state index < -0.39 is 46.6 Å². The van der Waals surface area contributed by atoms with E-state index in [9.17, 15) is 35.9 Å². The number of hydrogen-bond acceptors (Lipinski definition) is 2. The van der Waals surface area contributed by atoms with Crippen molar-refractivity contribution in [1.82, 2.24) is 0 Å². The van der Waals surface area contributed by atoms with Crippen LogP contribution < -0.4 is 5.32 Å². The number of rotatable bonds is 7. The number of ketones is 1. The van der Waals surface area contributed by atoms with E-state index in [0.717, 1.165) is 12.1 Å². The molecular weight excluding hydrogens is 484 g/mol. The molecule has 0 bridgehead atoms. The number of benzene rings is 3. The van der Waals surface area contributed by atoms with Gasteiger partial charge < -0.3 is 5.32 Å². The highest BCUT2D eigenvalue weighted by molar-refractivity contribution is 6.04. The second kappa shape index (κ2) is 10.6. The summed E-state index contributed by atoms with van der Waals surface area (Å²) in [6.45, 7) is 5.27. The lowest BCUT2D eigenvalue weighted by Gasteiger charge is -2.19. The van der Waals surface area contributed by atoms with Crippen molar-refractivity contribution in [2.75, 3.05) is 5.32 Å². The Morgan fingerprint density at radius 1 is 0.861 bits per heavy atom. The lowest BCUT2D eigenvalue weighted by molar-refractivity contribution is -0.137. The van der Waals surface area contributed by atoms with Gasteiger partial charge in [-0.25, -0.2) is 13.2 Å². The minimum Gasteiger partial charge on any atom is -0.322 e. The largest absolute Gasteiger partial charge is 0.416 e. The van der Waals surface area contributed by atoms with Crippen LogP contribution in [0.2, 0.25) is 0 Å². The molecule has 0 heterocycles. The van der Waals surface area contributed by atoms with Crippen molar-refractivity contribution in [3.8, 4) is 11.1 Å². The van der Waals surface area contributed by atoms with Crippen LogP contribution in [0.5, 0.6) is 0 Å². The van der Waals surface area contributed by atoms with Gasteiger partial charge in [0.1, 0.15) is 5.78 Å². The number of carbonyl (C=O) groups excluding carboxylic acids is 2. The summed E-state index contributed by atoms with van der Waals surface area (Å²) in [5.74, 6) is -6.29. The third kappa shape index (κ3) is 6.33. The summed E-state index contributed by atoms with van der Waals surface area (Å²) in [6, 6.07) is 10.1. The number of hydrogen-bond donors (Lipinski definition) is 1. The first-order valence-corrected chi connectivity index (χ1v) is 11.0. The third-order valence-corrected chi connectivity index (χ3v) is 5.60. The first kappa shape index (κ1) is 27.0. The quantitative estimate of drug-likeness (QED) is 0.262. The smallest absolute Gasteiger partial charge is 0.322 e. The molecule has 0 aliphatic carbocycles. The minimum atomic E-state index is -4.52. The summed E-state index contributed by atoms with van der Waals surface area (Å²) in [6.07, 6.45) is -4.04. The van der Waals surface area contributed by atoms with Crippen LogP contribution >= 0.6 is 0 Å². The summed E-state index contributed by atoms with van der Waals surface area (Å²) in [5.41, 5.74) is 0.165. The maximum Gasteiger partial charge on any atom is 0.416 e. The van der Waals surface area contributed by atoms with Gasteiger partial charge in [-0.2, -0.15) is 13.2 Å². The summed E-state index contributed by atoms with van der Waals surface area (Å²) < 4.78 is 79.5. The molecule has 0 aliphatic heterocycles. The van der Waals surface area contributed by atoms with Crippen LogP contribution in [0.4, 0.5) is 32.0 Å². The molecule has 3 aromatic carbocycles. The summed E-state index contributed by atoms with van der Waals surface area (Å²) in [5, 5.41) is 2.48. The van der Waals surface area contributed by atoms with Gasteiger partial charge in [0, 0.05) is 17.2 Å². The number of Topliss-reactive ketones (excluding diaryl/α,β-unsaturated/α-hetero) is 1. The second-order valence-corrected chi connectivity index (χ2v) is 8.92. The summed E-state index contributed by atoms with van der Waals surface area (Å²) >= 11 is 0. The molecule has 3 rings (SSSR count). The molecule has 1 unspecified atom stereocenters. The van der Waals surface area contributed by atoms with Crippen molar-refractivity contribution in [2.45, 2.75) is 39.3 Å². The van der Waals surface area contributed by atoms with Gasteiger partial charge >= 0.3 is 6.18 Å². The van der Waals surface area contributed by atoms with Crippen LogP contribution in [-0.2, 0) is 11.0 Å². The van der Waals surface area contributed by atoms with Gasteiger partial charge in [0.2, 0.25) is 0 Å². The summed E-state index contributed by atoms with van der Waals surface area (Å²) in [7, 11) is 0. The van der Waals surface area contributed by atoms with Gasteiger partial charge in [0.05, 0.1) is 5.56 Å². The zero-order valence-corrected chi connectivity index (χ0v) is 19.6. The first-order chi connectivity index (χ1) is 16.8. The molecule has 1 N–H and O–H groups in total. The number of anilines is 1. The molecule has 1 amide bonds. The Hall–Kier alpha value is -3.62. The van der Waals surface area contributed by atoms with Crippen LogP contribution in [0.1, 0.15) is 54.6 Å². The molecule has 0 saturated carbocycles. The number of carbonyl (C=O) groups is 2. The number of halogens is 6. The van der Waals surface area contributed by atoms with E-state index in [0.29, 0.717) is 35.2 Å². The fraction of sp³-hybridized carbons (Fsp3) is 0.259. The maximum atomic E-state index is 13.6.